The number of carbonyl (C=O) groups excluding carboxylic acids is 2. The zero-order chi connectivity index (χ0) is 18.2. The Morgan fingerprint density at radius 2 is 1.88 bits per heavy atom. The second-order valence-electron chi connectivity index (χ2n) is 5.16. The molecule has 0 radical (unpaired) electrons. The van der Waals surface area contributed by atoms with E-state index in [1.807, 2.05) is 13.8 Å². The van der Waals surface area contributed by atoms with Crippen molar-refractivity contribution >= 4 is 23.4 Å². The number of hydrazine groups is 1. The van der Waals surface area contributed by atoms with Gasteiger partial charge in [0.05, 0.1) is 6.61 Å². The number of rotatable bonds is 6. The molecule has 2 aromatic carbocycles. The monoisotopic (exact) mass is 362 g/mol. The van der Waals surface area contributed by atoms with Crippen LogP contribution in [0.3, 0.4) is 0 Å². The normalized spacial score (nSPS) is 10.0. The van der Waals surface area contributed by atoms with E-state index in [0.29, 0.717) is 28.7 Å². The minimum absolute atomic E-state index is 0.234. The number of amides is 2. The Morgan fingerprint density at radius 3 is 2.60 bits per heavy atom. The van der Waals surface area contributed by atoms with Gasteiger partial charge in [-0.2, -0.15) is 0 Å². The van der Waals surface area contributed by atoms with Crippen LogP contribution in [-0.4, -0.2) is 25.0 Å². The van der Waals surface area contributed by atoms with Crippen LogP contribution in [0.2, 0.25) is 5.02 Å². The van der Waals surface area contributed by atoms with Crippen molar-refractivity contribution in [3.8, 4) is 11.5 Å². The van der Waals surface area contributed by atoms with Gasteiger partial charge in [0.25, 0.3) is 11.8 Å². The molecule has 0 aliphatic rings. The zero-order valence-electron chi connectivity index (χ0n) is 14.0. The molecule has 0 heterocycles. The van der Waals surface area contributed by atoms with E-state index >= 15 is 0 Å². The molecule has 0 aromatic heterocycles. The largest absolute Gasteiger partial charge is 0.494 e. The molecule has 2 N–H and O–H groups in total. The molecule has 0 atom stereocenters. The number of hydrogen-bond donors (Lipinski definition) is 2. The van der Waals surface area contributed by atoms with E-state index in [4.69, 9.17) is 21.1 Å². The minimum atomic E-state index is -0.483. The van der Waals surface area contributed by atoms with E-state index in [1.165, 1.54) is 0 Å². The first kappa shape index (κ1) is 18.6. The van der Waals surface area contributed by atoms with Crippen LogP contribution in [0.1, 0.15) is 22.8 Å². The van der Waals surface area contributed by atoms with E-state index < -0.39 is 11.8 Å². The van der Waals surface area contributed by atoms with Crippen LogP contribution < -0.4 is 20.3 Å². The molecule has 0 bridgehead atoms. The van der Waals surface area contributed by atoms with Gasteiger partial charge in [0.1, 0.15) is 11.5 Å². The highest BCUT2D eigenvalue weighted by Gasteiger charge is 2.09. The third-order valence-electron chi connectivity index (χ3n) is 3.22. The maximum absolute atomic E-state index is 12.0. The van der Waals surface area contributed by atoms with Gasteiger partial charge >= 0.3 is 0 Å². The number of halogens is 1. The standard InChI is InChI=1S/C18H19ClN2O4/c1-3-24-15-6-4-5-13(10-15)18(23)21-20-17(22)11-25-16-8-7-14(19)9-12(16)2/h4-10H,3,11H2,1-2H3,(H,20,22)(H,21,23). The average molecular weight is 363 g/mol. The van der Waals surface area contributed by atoms with E-state index in [9.17, 15) is 9.59 Å². The van der Waals surface area contributed by atoms with Crippen molar-refractivity contribution in [3.63, 3.8) is 0 Å². The maximum atomic E-state index is 12.0. The lowest BCUT2D eigenvalue weighted by atomic mass is 10.2. The van der Waals surface area contributed by atoms with Gasteiger partial charge in [0.15, 0.2) is 6.61 Å². The van der Waals surface area contributed by atoms with Crippen LogP contribution in [0, 0.1) is 6.92 Å². The number of benzene rings is 2. The fourth-order valence-electron chi connectivity index (χ4n) is 2.05. The van der Waals surface area contributed by atoms with Crippen LogP contribution in [0.15, 0.2) is 42.5 Å². The average Bonchev–Trinajstić information content (AvgIpc) is 2.59. The molecule has 2 aromatic rings. The van der Waals surface area contributed by atoms with Gasteiger partial charge in [-0.1, -0.05) is 17.7 Å². The third kappa shape index (κ3) is 5.69. The lowest BCUT2D eigenvalue weighted by Crippen LogP contribution is -2.43. The van der Waals surface area contributed by atoms with Crippen molar-refractivity contribution in [1.29, 1.82) is 0 Å². The molecular weight excluding hydrogens is 344 g/mol. The van der Waals surface area contributed by atoms with Crippen LogP contribution >= 0.6 is 11.6 Å². The molecule has 0 saturated heterocycles. The van der Waals surface area contributed by atoms with E-state index in [-0.39, 0.29) is 6.61 Å². The summed E-state index contributed by atoms with van der Waals surface area (Å²) >= 11 is 5.86. The lowest BCUT2D eigenvalue weighted by molar-refractivity contribution is -0.123. The first-order valence-electron chi connectivity index (χ1n) is 7.70. The van der Waals surface area contributed by atoms with Crippen molar-refractivity contribution in [2.45, 2.75) is 13.8 Å². The number of nitrogens with one attached hydrogen (secondary N) is 2. The summed E-state index contributed by atoms with van der Waals surface area (Å²) in [4.78, 5) is 23.8. The van der Waals surface area contributed by atoms with E-state index in [2.05, 4.69) is 10.9 Å². The topological polar surface area (TPSA) is 76.7 Å². The minimum Gasteiger partial charge on any atom is -0.494 e. The van der Waals surface area contributed by atoms with Crippen LogP contribution in [-0.2, 0) is 4.79 Å². The number of aryl methyl sites for hydroxylation is 1. The van der Waals surface area contributed by atoms with Gasteiger partial charge in [-0.15, -0.1) is 0 Å². The molecule has 0 spiro atoms. The number of carbonyl (C=O) groups is 2. The molecule has 2 amide bonds. The molecule has 0 saturated carbocycles. The van der Waals surface area contributed by atoms with Gasteiger partial charge in [-0.05, 0) is 55.8 Å². The summed E-state index contributed by atoms with van der Waals surface area (Å²) in [7, 11) is 0. The fraction of sp³-hybridized carbons (Fsp3) is 0.222. The van der Waals surface area contributed by atoms with Crippen molar-refractivity contribution in [2.75, 3.05) is 13.2 Å². The van der Waals surface area contributed by atoms with E-state index in [0.717, 1.165) is 5.56 Å². The maximum Gasteiger partial charge on any atom is 0.276 e. The molecule has 0 aliphatic carbocycles. The summed E-state index contributed by atoms with van der Waals surface area (Å²) in [6.07, 6.45) is 0. The second kappa shape index (κ2) is 8.94. The first-order chi connectivity index (χ1) is 12.0. The molecule has 0 unspecified atom stereocenters. The summed E-state index contributed by atoms with van der Waals surface area (Å²) in [5.74, 6) is 0.208. The molecule has 132 valence electrons. The van der Waals surface area contributed by atoms with Gasteiger partial charge in [-0.3, -0.25) is 20.4 Å². The Bertz CT molecular complexity index is 764. The highest BCUT2D eigenvalue weighted by Crippen LogP contribution is 2.21. The molecule has 25 heavy (non-hydrogen) atoms. The molecule has 0 fully saturated rings. The number of hydrogen-bond acceptors (Lipinski definition) is 4. The molecular formula is C18H19ClN2O4. The quantitative estimate of drug-likeness (QED) is 0.775. The molecule has 2 rings (SSSR count). The van der Waals surface area contributed by atoms with Gasteiger partial charge in [-0.25, -0.2) is 0 Å². The van der Waals surface area contributed by atoms with Crippen LogP contribution in [0.4, 0.5) is 0 Å². The third-order valence-corrected chi connectivity index (χ3v) is 3.45. The SMILES string of the molecule is CCOc1cccc(C(=O)NNC(=O)COc2ccc(Cl)cc2C)c1. The summed E-state index contributed by atoms with van der Waals surface area (Å²) in [6.45, 7) is 3.95. The Morgan fingerprint density at radius 1 is 1.08 bits per heavy atom. The lowest BCUT2D eigenvalue weighted by Gasteiger charge is -2.11. The van der Waals surface area contributed by atoms with Gasteiger partial charge in [0, 0.05) is 10.6 Å². The Labute approximate surface area is 151 Å². The predicted molar refractivity (Wildman–Crippen MR) is 94.9 cm³/mol. The summed E-state index contributed by atoms with van der Waals surface area (Å²) in [5.41, 5.74) is 5.83. The summed E-state index contributed by atoms with van der Waals surface area (Å²) in [6, 6.07) is 11.8. The predicted octanol–water partition coefficient (Wildman–Crippen LogP) is 2.89. The molecule has 0 aliphatic heterocycles. The Balaban J connectivity index is 1.83. The second-order valence-corrected chi connectivity index (χ2v) is 5.60. The van der Waals surface area contributed by atoms with Gasteiger partial charge < -0.3 is 9.47 Å². The summed E-state index contributed by atoms with van der Waals surface area (Å²) in [5, 5.41) is 0.593. The van der Waals surface area contributed by atoms with E-state index in [1.54, 1.807) is 42.5 Å². The highest BCUT2D eigenvalue weighted by molar-refractivity contribution is 6.30. The summed E-state index contributed by atoms with van der Waals surface area (Å²) < 4.78 is 10.7. The highest BCUT2D eigenvalue weighted by atomic mass is 35.5. The van der Waals surface area contributed by atoms with Crippen LogP contribution in [0.5, 0.6) is 11.5 Å². The number of ether oxygens (including phenoxy) is 2. The Hall–Kier alpha value is -2.73. The van der Waals surface area contributed by atoms with Gasteiger partial charge in [0.2, 0.25) is 0 Å². The smallest absolute Gasteiger partial charge is 0.276 e. The molecule has 6 nitrogen and oxygen atoms in total. The molecule has 7 heteroatoms. The fourth-order valence-corrected chi connectivity index (χ4v) is 2.27. The Kier molecular flexibility index (Phi) is 6.65. The van der Waals surface area contributed by atoms with Crippen molar-refractivity contribution in [3.05, 3.63) is 58.6 Å². The van der Waals surface area contributed by atoms with Crippen molar-refractivity contribution in [1.82, 2.24) is 10.9 Å². The van der Waals surface area contributed by atoms with Crippen molar-refractivity contribution < 1.29 is 19.1 Å². The van der Waals surface area contributed by atoms with Crippen LogP contribution in [0.25, 0.3) is 0 Å². The zero-order valence-corrected chi connectivity index (χ0v) is 14.7. The first-order valence-corrected chi connectivity index (χ1v) is 8.08. The van der Waals surface area contributed by atoms with Crippen molar-refractivity contribution in [2.24, 2.45) is 0 Å².